The maximum atomic E-state index is 8.52. The van der Waals surface area contributed by atoms with E-state index in [0.29, 0.717) is 19.6 Å². The summed E-state index contributed by atoms with van der Waals surface area (Å²) in [5, 5.41) is 25.5. The molecule has 0 saturated carbocycles. The van der Waals surface area contributed by atoms with Gasteiger partial charge in [-0.3, -0.25) is 13.3 Å². The summed E-state index contributed by atoms with van der Waals surface area (Å²) in [4.78, 5) is 1.79. The van der Waals surface area contributed by atoms with E-state index in [9.17, 15) is 0 Å². The number of aliphatic hydroxyl groups is 3. The second kappa shape index (κ2) is 13.3. The van der Waals surface area contributed by atoms with E-state index in [0.717, 1.165) is 0 Å². The summed E-state index contributed by atoms with van der Waals surface area (Å²) in [6, 6.07) is 0. The first-order chi connectivity index (χ1) is 6.85. The zero-order valence-electron chi connectivity index (χ0n) is 8.37. The Bertz CT molecular complexity index is 201. The molecule has 103 valence electrons. The van der Waals surface area contributed by atoms with Gasteiger partial charge in [-0.1, -0.05) is 0 Å². The second-order valence-electron chi connectivity index (χ2n) is 2.42. The number of nitrogens with zero attached hydrogens (tertiary/aromatic N) is 1. The molecule has 1 radical (unpaired) electrons. The van der Waals surface area contributed by atoms with E-state index in [2.05, 4.69) is 0 Å². The average molecular weight is 309 g/mol. The van der Waals surface area contributed by atoms with Gasteiger partial charge in [0.1, 0.15) is 0 Å². The Balaban J connectivity index is -0.000000242. The van der Waals surface area contributed by atoms with Crippen molar-refractivity contribution in [2.75, 3.05) is 39.5 Å². The third-order valence-electron chi connectivity index (χ3n) is 1.25. The van der Waals surface area contributed by atoms with E-state index in [-0.39, 0.29) is 36.9 Å². The Hall–Kier alpha value is 0.229. The fraction of sp³-hybridized carbons (Fsp3) is 1.00. The molecule has 0 heterocycles. The largest absolute Gasteiger partial charge is 2.00 e. The van der Waals surface area contributed by atoms with Crippen LogP contribution in [0.15, 0.2) is 0 Å². The second-order valence-corrected chi connectivity index (χ2v) is 3.24. The average Bonchev–Trinajstić information content (AvgIpc) is 2.02. The Kier molecular flexibility index (Phi) is 17.9. The first-order valence-corrected chi connectivity index (χ1v) is 5.40. The summed E-state index contributed by atoms with van der Waals surface area (Å²) in [5.41, 5.74) is 0. The molecule has 0 spiro atoms. The smallest absolute Gasteiger partial charge is 0.759 e. The molecule has 0 aromatic heterocycles. The molecule has 3 N–H and O–H groups in total. The third-order valence-corrected chi connectivity index (χ3v) is 1.25. The van der Waals surface area contributed by atoms with Gasteiger partial charge in [0.2, 0.25) is 0 Å². The van der Waals surface area contributed by atoms with E-state index in [1.807, 2.05) is 0 Å². The molecule has 0 aliphatic heterocycles. The van der Waals surface area contributed by atoms with Crippen molar-refractivity contribution >= 4 is 10.4 Å². The van der Waals surface area contributed by atoms with Crippen LogP contribution in [0.5, 0.6) is 0 Å². The predicted molar refractivity (Wildman–Crippen MR) is 48.2 cm³/mol. The van der Waals surface area contributed by atoms with Gasteiger partial charge in [-0.2, -0.15) is 0 Å². The molecule has 0 fully saturated rings. The molecule has 8 nitrogen and oxygen atoms in total. The summed E-state index contributed by atoms with van der Waals surface area (Å²) in [6.45, 7) is 1.75. The fourth-order valence-electron chi connectivity index (χ4n) is 0.760. The van der Waals surface area contributed by atoms with Crippen LogP contribution in [0.4, 0.5) is 0 Å². The van der Waals surface area contributed by atoms with Crippen LogP contribution in [0.3, 0.4) is 0 Å². The number of rotatable bonds is 6. The van der Waals surface area contributed by atoms with Crippen molar-refractivity contribution in [1.29, 1.82) is 0 Å². The van der Waals surface area contributed by atoms with Gasteiger partial charge in [-0.15, -0.1) is 0 Å². The summed E-state index contributed by atoms with van der Waals surface area (Å²) in [5.74, 6) is 0. The molecule has 0 aromatic carbocycles. The third kappa shape index (κ3) is 29.2. The van der Waals surface area contributed by atoms with E-state index in [4.69, 9.17) is 32.8 Å². The van der Waals surface area contributed by atoms with Crippen molar-refractivity contribution < 1.29 is 49.9 Å². The van der Waals surface area contributed by atoms with Gasteiger partial charge in [0.25, 0.3) is 0 Å². The van der Waals surface area contributed by atoms with Crippen LogP contribution < -0.4 is 0 Å². The van der Waals surface area contributed by atoms with Gasteiger partial charge in [-0.05, 0) is 0 Å². The van der Waals surface area contributed by atoms with Crippen LogP contribution in [-0.2, 0) is 27.5 Å². The van der Waals surface area contributed by atoms with Crippen LogP contribution in [0.2, 0.25) is 0 Å². The minimum absolute atomic E-state index is 0. The molecule has 0 aliphatic carbocycles. The molecule has 0 bridgehead atoms. The van der Waals surface area contributed by atoms with E-state index in [1.165, 1.54) is 0 Å². The van der Waals surface area contributed by atoms with E-state index >= 15 is 0 Å². The van der Waals surface area contributed by atoms with Gasteiger partial charge in [0.05, 0.1) is 19.8 Å². The first kappa shape index (κ1) is 21.5. The summed E-state index contributed by atoms with van der Waals surface area (Å²) >= 11 is 0. The van der Waals surface area contributed by atoms with Crippen LogP contribution in [-0.4, -0.2) is 77.2 Å². The van der Waals surface area contributed by atoms with E-state index in [1.54, 1.807) is 4.90 Å². The fourth-order valence-corrected chi connectivity index (χ4v) is 0.760. The standard InChI is InChI=1S/C6H15NO3.Cu.H2O4S/c8-4-1-7(2-5-9)3-6-10;;1-5(2,3)4/h8-10H,1-6H2;;(H2,1,2,3,4)/q;+2;/p-2. The molecule has 0 aliphatic rings. The van der Waals surface area contributed by atoms with Crippen molar-refractivity contribution in [3.8, 4) is 0 Å². The SMILES string of the molecule is O=S(=O)([O-])[O-].OCCN(CCO)CCO.[Cu+2]. The molecule has 0 saturated heterocycles. The summed E-state index contributed by atoms with van der Waals surface area (Å²) in [7, 11) is -5.17. The van der Waals surface area contributed by atoms with Gasteiger partial charge < -0.3 is 24.4 Å². The molecule has 16 heavy (non-hydrogen) atoms. The minimum atomic E-state index is -5.17. The van der Waals surface area contributed by atoms with Gasteiger partial charge in [0, 0.05) is 30.0 Å². The van der Waals surface area contributed by atoms with Gasteiger partial charge >= 0.3 is 17.1 Å². The van der Waals surface area contributed by atoms with Crippen molar-refractivity contribution in [3.05, 3.63) is 0 Å². The molecule has 0 unspecified atom stereocenters. The number of hydrogen-bond acceptors (Lipinski definition) is 8. The molecule has 0 aromatic rings. The predicted octanol–water partition coefficient (Wildman–Crippen LogP) is -3.08. The summed E-state index contributed by atoms with van der Waals surface area (Å²) in [6.07, 6.45) is 0. The maximum Gasteiger partial charge on any atom is 2.00 e. The van der Waals surface area contributed by atoms with Crippen LogP contribution in [0, 0.1) is 0 Å². The minimum Gasteiger partial charge on any atom is -0.759 e. The van der Waals surface area contributed by atoms with Gasteiger partial charge in [0.15, 0.2) is 0 Å². The molecule has 10 heteroatoms. The molecule has 0 atom stereocenters. The monoisotopic (exact) mass is 308 g/mol. The maximum absolute atomic E-state index is 8.52. The number of hydrogen-bond donors (Lipinski definition) is 3. The van der Waals surface area contributed by atoms with Crippen LogP contribution in [0.1, 0.15) is 0 Å². The molecule has 0 rings (SSSR count). The first-order valence-electron chi connectivity index (χ1n) is 4.06. The van der Waals surface area contributed by atoms with Crippen molar-refractivity contribution in [1.82, 2.24) is 4.90 Å². The Morgan fingerprint density at radius 2 is 1.06 bits per heavy atom. The zero-order chi connectivity index (χ0) is 12.3. The molecule has 0 amide bonds. The topological polar surface area (TPSA) is 144 Å². The number of aliphatic hydroxyl groups excluding tert-OH is 3. The molecular weight excluding hydrogens is 294 g/mol. The van der Waals surface area contributed by atoms with Crippen molar-refractivity contribution in [2.24, 2.45) is 0 Å². The normalized spacial score (nSPS) is 10.4. The van der Waals surface area contributed by atoms with Crippen molar-refractivity contribution in [2.45, 2.75) is 0 Å². The van der Waals surface area contributed by atoms with Crippen LogP contribution in [0.25, 0.3) is 0 Å². The Morgan fingerprint density at radius 3 is 1.19 bits per heavy atom. The van der Waals surface area contributed by atoms with E-state index < -0.39 is 10.4 Å². The Morgan fingerprint density at radius 1 is 0.875 bits per heavy atom. The molecular formula is C6H15CuNO7S. The Labute approximate surface area is 105 Å². The zero-order valence-corrected chi connectivity index (χ0v) is 10.1. The summed E-state index contributed by atoms with van der Waals surface area (Å²) < 4.78 is 34.1. The quantitative estimate of drug-likeness (QED) is 0.266. The van der Waals surface area contributed by atoms with Gasteiger partial charge in [-0.25, -0.2) is 0 Å². The van der Waals surface area contributed by atoms with Crippen molar-refractivity contribution in [3.63, 3.8) is 0 Å². The van der Waals surface area contributed by atoms with Crippen LogP contribution >= 0.6 is 0 Å².